The van der Waals surface area contributed by atoms with Crippen molar-refractivity contribution < 1.29 is 9.13 Å². The molecular weight excluding hydrogens is 321 g/mol. The van der Waals surface area contributed by atoms with Gasteiger partial charge in [-0.15, -0.1) is 0 Å². The second-order valence-corrected chi connectivity index (χ2v) is 5.72. The molecule has 1 aliphatic heterocycles. The van der Waals surface area contributed by atoms with Crippen LogP contribution in [0.1, 0.15) is 17.0 Å². The summed E-state index contributed by atoms with van der Waals surface area (Å²) in [5, 5.41) is 10.2. The Bertz CT molecular complexity index is 1140. The normalized spacial score (nSPS) is 16.2. The lowest BCUT2D eigenvalue weighted by Crippen LogP contribution is -2.27. The van der Waals surface area contributed by atoms with Gasteiger partial charge in [-0.25, -0.2) is 4.39 Å². The van der Waals surface area contributed by atoms with Crippen LogP contribution in [0.4, 0.5) is 4.39 Å². The number of nitriles is 1. The molecule has 0 bridgehead atoms. The van der Waals surface area contributed by atoms with Gasteiger partial charge in [-0.3, -0.25) is 4.79 Å². The summed E-state index contributed by atoms with van der Waals surface area (Å²) in [4.78, 5) is 15.5. The number of hydrogen-bond donors (Lipinski definition) is 2. The highest BCUT2D eigenvalue weighted by molar-refractivity contribution is 5.87. The van der Waals surface area contributed by atoms with E-state index in [9.17, 15) is 14.4 Å². The van der Waals surface area contributed by atoms with Crippen molar-refractivity contribution >= 4 is 10.9 Å². The fourth-order valence-corrected chi connectivity index (χ4v) is 3.19. The monoisotopic (exact) mass is 333 g/mol. The van der Waals surface area contributed by atoms with Gasteiger partial charge in [0.1, 0.15) is 23.2 Å². The van der Waals surface area contributed by atoms with Crippen LogP contribution in [0.25, 0.3) is 10.9 Å². The van der Waals surface area contributed by atoms with E-state index in [2.05, 4.69) is 4.98 Å². The third-order valence-electron chi connectivity index (χ3n) is 4.27. The van der Waals surface area contributed by atoms with Gasteiger partial charge in [-0.1, -0.05) is 24.3 Å². The molecule has 1 unspecified atom stereocenters. The Hall–Kier alpha value is -3.59. The molecule has 0 saturated carbocycles. The second-order valence-electron chi connectivity index (χ2n) is 5.72. The van der Waals surface area contributed by atoms with E-state index in [1.54, 1.807) is 30.3 Å². The quantitative estimate of drug-likeness (QED) is 0.716. The standard InChI is InChI=1S/C19H12FN3O2/c20-11-5-3-4-10(8-11)15-13(9-21)18(22)25-17-12-6-1-2-7-14(12)23-19(24)16(15)17/h1-8,15H,22H2,(H,23,24). The highest BCUT2D eigenvalue weighted by Crippen LogP contribution is 2.42. The number of nitrogens with zero attached hydrogens (tertiary/aromatic N) is 1. The van der Waals surface area contributed by atoms with Crippen LogP contribution in [0.3, 0.4) is 0 Å². The van der Waals surface area contributed by atoms with Gasteiger partial charge in [0.05, 0.1) is 17.0 Å². The molecule has 0 saturated heterocycles. The topological polar surface area (TPSA) is 91.9 Å². The average molecular weight is 333 g/mol. The van der Waals surface area contributed by atoms with Crippen molar-refractivity contribution in [2.75, 3.05) is 0 Å². The molecule has 2 heterocycles. The van der Waals surface area contributed by atoms with E-state index in [4.69, 9.17) is 10.5 Å². The third kappa shape index (κ3) is 2.25. The van der Waals surface area contributed by atoms with Gasteiger partial charge in [0.25, 0.3) is 5.56 Å². The smallest absolute Gasteiger partial charge is 0.256 e. The number of fused-ring (bicyclic) bond motifs is 3. The molecule has 6 heteroatoms. The highest BCUT2D eigenvalue weighted by Gasteiger charge is 2.34. The minimum Gasteiger partial charge on any atom is -0.439 e. The van der Waals surface area contributed by atoms with Crippen LogP contribution < -0.4 is 16.0 Å². The van der Waals surface area contributed by atoms with Gasteiger partial charge in [-0.05, 0) is 29.8 Å². The molecule has 1 aliphatic rings. The Morgan fingerprint density at radius 1 is 1.20 bits per heavy atom. The van der Waals surface area contributed by atoms with E-state index in [1.165, 1.54) is 18.2 Å². The van der Waals surface area contributed by atoms with E-state index in [0.717, 1.165) is 0 Å². The number of allylic oxidation sites excluding steroid dienone is 1. The first-order chi connectivity index (χ1) is 12.1. The fourth-order valence-electron chi connectivity index (χ4n) is 3.19. The number of pyridine rings is 1. The lowest BCUT2D eigenvalue weighted by Gasteiger charge is -2.26. The van der Waals surface area contributed by atoms with Gasteiger partial charge in [0.15, 0.2) is 0 Å². The van der Waals surface area contributed by atoms with Gasteiger partial charge < -0.3 is 15.5 Å². The number of nitrogens with one attached hydrogen (secondary N) is 1. The first-order valence-corrected chi connectivity index (χ1v) is 7.58. The maximum Gasteiger partial charge on any atom is 0.256 e. The Morgan fingerprint density at radius 3 is 2.76 bits per heavy atom. The molecule has 1 aromatic heterocycles. The van der Waals surface area contributed by atoms with Crippen molar-refractivity contribution in [3.05, 3.63) is 87.3 Å². The van der Waals surface area contributed by atoms with Crippen molar-refractivity contribution in [1.29, 1.82) is 5.26 Å². The average Bonchev–Trinajstić information content (AvgIpc) is 2.60. The maximum absolute atomic E-state index is 13.7. The highest BCUT2D eigenvalue weighted by atomic mass is 19.1. The molecule has 5 nitrogen and oxygen atoms in total. The number of halogens is 1. The summed E-state index contributed by atoms with van der Waals surface area (Å²) in [6, 6.07) is 14.9. The molecule has 0 aliphatic carbocycles. The van der Waals surface area contributed by atoms with E-state index in [1.807, 2.05) is 6.07 Å². The molecular formula is C19H12FN3O2. The Balaban J connectivity index is 2.10. The number of benzene rings is 2. The van der Waals surface area contributed by atoms with Crippen LogP contribution >= 0.6 is 0 Å². The van der Waals surface area contributed by atoms with Crippen molar-refractivity contribution in [3.63, 3.8) is 0 Å². The molecule has 4 rings (SSSR count). The zero-order chi connectivity index (χ0) is 17.6. The fraction of sp³-hybridized carbons (Fsp3) is 0.0526. The number of para-hydroxylation sites is 1. The number of nitrogens with two attached hydrogens (primary N) is 1. The second kappa shape index (κ2) is 5.49. The zero-order valence-corrected chi connectivity index (χ0v) is 12.9. The molecule has 0 spiro atoms. The summed E-state index contributed by atoms with van der Waals surface area (Å²) in [6.07, 6.45) is 0. The first-order valence-electron chi connectivity index (χ1n) is 7.58. The Kier molecular flexibility index (Phi) is 3.29. The van der Waals surface area contributed by atoms with E-state index in [-0.39, 0.29) is 17.0 Å². The van der Waals surface area contributed by atoms with Crippen LogP contribution in [0.2, 0.25) is 0 Å². The molecule has 3 N–H and O–H groups in total. The number of aromatic amines is 1. The number of ether oxygens (including phenoxy) is 1. The van der Waals surface area contributed by atoms with Crippen LogP contribution in [0, 0.1) is 17.1 Å². The minimum absolute atomic E-state index is 0.0823. The van der Waals surface area contributed by atoms with Crippen LogP contribution in [0.5, 0.6) is 5.75 Å². The van der Waals surface area contributed by atoms with Gasteiger partial charge in [0, 0.05) is 5.39 Å². The van der Waals surface area contributed by atoms with Crippen molar-refractivity contribution in [3.8, 4) is 11.8 Å². The minimum atomic E-state index is -0.794. The van der Waals surface area contributed by atoms with Gasteiger partial charge in [-0.2, -0.15) is 5.26 Å². The molecule has 122 valence electrons. The lowest BCUT2D eigenvalue weighted by atomic mass is 9.83. The van der Waals surface area contributed by atoms with Crippen molar-refractivity contribution in [1.82, 2.24) is 4.98 Å². The maximum atomic E-state index is 13.7. The van der Waals surface area contributed by atoms with Crippen LogP contribution in [-0.4, -0.2) is 4.98 Å². The summed E-state index contributed by atoms with van der Waals surface area (Å²) in [7, 11) is 0. The number of hydrogen-bond acceptors (Lipinski definition) is 4. The Morgan fingerprint density at radius 2 is 2.00 bits per heavy atom. The van der Waals surface area contributed by atoms with Crippen molar-refractivity contribution in [2.24, 2.45) is 5.73 Å². The molecule has 1 atom stereocenters. The number of H-pyrrole nitrogens is 1. The summed E-state index contributed by atoms with van der Waals surface area (Å²) in [5.41, 5.74) is 6.93. The molecule has 0 amide bonds. The lowest BCUT2D eigenvalue weighted by molar-refractivity contribution is 0.397. The zero-order valence-electron chi connectivity index (χ0n) is 12.9. The molecule has 2 aromatic carbocycles. The summed E-state index contributed by atoms with van der Waals surface area (Å²) < 4.78 is 19.4. The SMILES string of the molecule is N#CC1=C(N)Oc2c(c(=O)[nH]c3ccccc23)C1c1cccc(F)c1. The summed E-state index contributed by atoms with van der Waals surface area (Å²) in [6.45, 7) is 0. The molecule has 0 radical (unpaired) electrons. The molecule has 0 fully saturated rings. The van der Waals surface area contributed by atoms with Gasteiger partial charge in [0.2, 0.25) is 5.88 Å². The first kappa shape index (κ1) is 15.0. The predicted molar refractivity (Wildman–Crippen MR) is 90.3 cm³/mol. The summed E-state index contributed by atoms with van der Waals surface area (Å²) >= 11 is 0. The third-order valence-corrected chi connectivity index (χ3v) is 4.27. The number of aromatic nitrogens is 1. The summed E-state index contributed by atoms with van der Waals surface area (Å²) in [5.74, 6) is -1.04. The van der Waals surface area contributed by atoms with E-state index in [0.29, 0.717) is 22.2 Å². The largest absolute Gasteiger partial charge is 0.439 e. The van der Waals surface area contributed by atoms with E-state index >= 15 is 0 Å². The van der Waals surface area contributed by atoms with E-state index < -0.39 is 17.3 Å². The molecule has 25 heavy (non-hydrogen) atoms. The van der Waals surface area contributed by atoms with Crippen LogP contribution in [0.15, 0.2) is 64.8 Å². The molecule has 3 aromatic rings. The van der Waals surface area contributed by atoms with Crippen molar-refractivity contribution in [2.45, 2.75) is 5.92 Å². The Labute approximate surface area is 141 Å². The van der Waals surface area contributed by atoms with Crippen LogP contribution in [-0.2, 0) is 0 Å². The number of rotatable bonds is 1. The van der Waals surface area contributed by atoms with Gasteiger partial charge >= 0.3 is 0 Å². The predicted octanol–water partition coefficient (Wildman–Crippen LogP) is 2.89.